The number of allylic oxidation sites excluding steroid dienone is 6. The SMILES string of the molecule is CC(=O)C=C(C)O.CC(=O)C=C(C)O.CC(=O)C=C(C)O.Cc1cc2c([n-]1)c1ncccc1n2-c1ccccc1.[Ir].[Ir].[Ir].[Ir].[Ir].[c-]1cccc2c1c1[c-]cccc1n2-c1ccccc1.[c-]1cccc2c1c1[c-]cccc1n2-c1ccccc1.c1ccc(-c2ccccn2)nc1.c1ccc(-c2ccccn2)nc1.c1ccc(-n2c3cccnc3c3[n-]ccc32)cc1.c1ccc2cc(-n3c4cccnc4c4[n-]ccc43)ccc2c1. The van der Waals surface area contributed by atoms with Crippen LogP contribution in [0.2, 0.25) is 0 Å². The van der Waals surface area contributed by atoms with Crippen LogP contribution in [0.25, 0.3) is 172 Å². The minimum absolute atomic E-state index is 0. The molecule has 26 heteroatoms. The van der Waals surface area contributed by atoms with E-state index in [9.17, 15) is 14.4 Å². The number of para-hydroxylation sites is 4. The Bertz CT molecular complexity index is 8190. The summed E-state index contributed by atoms with van der Waals surface area (Å²) in [6.07, 6.45) is 19.7. The van der Waals surface area contributed by atoms with Crippen LogP contribution in [-0.2, 0) is 115 Å². The molecular formula is C121H96Ir5N15O6-7. The molecule has 0 aliphatic heterocycles. The monoisotopic (exact) mass is 2820 g/mol. The fourth-order valence-corrected chi connectivity index (χ4v) is 16.4. The van der Waals surface area contributed by atoms with Gasteiger partial charge in [0.15, 0.2) is 17.3 Å². The maximum absolute atomic E-state index is 10.0. The van der Waals surface area contributed by atoms with Crippen molar-refractivity contribution in [3.63, 3.8) is 0 Å². The van der Waals surface area contributed by atoms with Crippen LogP contribution in [-0.4, -0.2) is 90.4 Å². The first-order valence-electron chi connectivity index (χ1n) is 45.7. The van der Waals surface area contributed by atoms with Crippen LogP contribution in [0.5, 0.6) is 0 Å². The van der Waals surface area contributed by atoms with Crippen molar-refractivity contribution in [3.05, 3.63) is 485 Å². The van der Waals surface area contributed by atoms with E-state index in [1.807, 2.05) is 238 Å². The third-order valence-corrected chi connectivity index (χ3v) is 22.0. The minimum atomic E-state index is -0.125. The van der Waals surface area contributed by atoms with Crippen LogP contribution in [0.1, 0.15) is 47.2 Å². The molecule has 15 aromatic heterocycles. The van der Waals surface area contributed by atoms with Gasteiger partial charge in [0.2, 0.25) is 0 Å². The molecule has 0 aliphatic carbocycles. The van der Waals surface area contributed by atoms with Crippen molar-refractivity contribution in [2.45, 2.75) is 48.5 Å². The van der Waals surface area contributed by atoms with Gasteiger partial charge in [-0.2, -0.15) is 66.6 Å². The van der Waals surface area contributed by atoms with Gasteiger partial charge in [-0.15, -0.1) is 48.5 Å². The zero-order valence-corrected chi connectivity index (χ0v) is 92.5. The summed E-state index contributed by atoms with van der Waals surface area (Å²) in [5, 5.41) is 32.1. The summed E-state index contributed by atoms with van der Waals surface area (Å²) in [5.74, 6) is -0.187. The summed E-state index contributed by atoms with van der Waals surface area (Å²) in [7, 11) is 0. The predicted octanol–water partition coefficient (Wildman–Crippen LogP) is 27.0. The van der Waals surface area contributed by atoms with Gasteiger partial charge >= 0.3 is 0 Å². The van der Waals surface area contributed by atoms with Crippen molar-refractivity contribution < 1.29 is 130 Å². The Kier molecular flexibility index (Phi) is 41.6. The summed E-state index contributed by atoms with van der Waals surface area (Å²) in [6.45, 7) is 10.6. The van der Waals surface area contributed by atoms with Gasteiger partial charge in [0, 0.05) is 207 Å². The zero-order chi connectivity index (χ0) is 98.6. The van der Waals surface area contributed by atoms with Crippen molar-refractivity contribution >= 4 is 138 Å². The molecule has 0 fully saturated rings. The molecule has 3 N–H and O–H groups in total. The zero-order valence-electron chi connectivity index (χ0n) is 80.5. The van der Waals surface area contributed by atoms with Crippen LogP contribution in [0.4, 0.5) is 0 Å². The van der Waals surface area contributed by atoms with Crippen LogP contribution in [0.3, 0.4) is 0 Å². The Labute approximate surface area is 917 Å². The molecule has 0 aliphatic rings. The number of aliphatic hydroxyl groups excluding tert-OH is 3. The van der Waals surface area contributed by atoms with E-state index in [1.54, 1.807) is 24.8 Å². The molecule has 5 radical (unpaired) electrons. The third-order valence-electron chi connectivity index (χ3n) is 22.0. The summed E-state index contributed by atoms with van der Waals surface area (Å²) in [5.41, 5.74) is 27.6. The van der Waals surface area contributed by atoms with Crippen LogP contribution in [0, 0.1) is 31.2 Å². The number of pyridine rings is 7. The number of ketones is 3. The van der Waals surface area contributed by atoms with E-state index in [-0.39, 0.29) is 135 Å². The second-order valence-corrected chi connectivity index (χ2v) is 32.4. The molecule has 0 amide bonds. The Morgan fingerprint density at radius 1 is 0.259 bits per heavy atom. The number of hydrogen-bond donors (Lipinski definition) is 3. The summed E-state index contributed by atoms with van der Waals surface area (Å²) >= 11 is 0. The number of nitrogens with zero attached hydrogens (tertiary/aromatic N) is 15. The molecule has 21 nitrogen and oxygen atoms in total. The molecule has 25 aromatic rings. The molecule has 10 aromatic carbocycles. The second kappa shape index (κ2) is 54.8. The molecule has 0 saturated carbocycles. The van der Waals surface area contributed by atoms with E-state index < -0.39 is 0 Å². The number of fused-ring (bicyclic) bond motifs is 16. The first-order chi connectivity index (χ1) is 69.4. The average Bonchev–Trinajstić information content (AvgIpc) is 1.58. The molecule has 0 bridgehead atoms. The van der Waals surface area contributed by atoms with Gasteiger partial charge in [-0.05, 0) is 198 Å². The average molecular weight is 2820 g/mol. The largest absolute Gasteiger partial charge is 0.661 e. The molecule has 0 spiro atoms. The topological polar surface area (TPSA) is 269 Å². The molecular weight excluding hydrogens is 2720 g/mol. The van der Waals surface area contributed by atoms with E-state index in [4.69, 9.17) is 15.3 Å². The maximum atomic E-state index is 10.0. The summed E-state index contributed by atoms with van der Waals surface area (Å²) in [6, 6.07) is 136. The van der Waals surface area contributed by atoms with E-state index in [0.29, 0.717) is 0 Å². The first-order valence-corrected chi connectivity index (χ1v) is 45.7. The molecule has 0 saturated heterocycles. The number of rotatable bonds is 10. The Hall–Kier alpha value is -15.8. The van der Waals surface area contributed by atoms with Crippen LogP contribution in [0.15, 0.2) is 455 Å². The van der Waals surface area contributed by atoms with Crippen molar-refractivity contribution in [2.24, 2.45) is 0 Å². The van der Waals surface area contributed by atoms with E-state index in [1.165, 1.54) is 104 Å². The molecule has 147 heavy (non-hydrogen) atoms. The number of aliphatic hydroxyl groups is 3. The molecule has 15 heterocycles. The van der Waals surface area contributed by atoms with E-state index >= 15 is 0 Å². The fraction of sp³-hybridized carbons (Fsp3) is 0.0579. The quantitative estimate of drug-likeness (QED) is 0.0652. The van der Waals surface area contributed by atoms with Gasteiger partial charge in [0.1, 0.15) is 0 Å². The van der Waals surface area contributed by atoms with Crippen LogP contribution >= 0.6 is 0 Å². The summed E-state index contributed by atoms with van der Waals surface area (Å²) < 4.78 is 11.2. The van der Waals surface area contributed by atoms with Crippen molar-refractivity contribution in [3.8, 4) is 51.2 Å². The van der Waals surface area contributed by atoms with Crippen molar-refractivity contribution in [1.29, 1.82) is 0 Å². The third kappa shape index (κ3) is 27.9. The van der Waals surface area contributed by atoms with E-state index in [0.717, 1.165) is 133 Å². The Morgan fingerprint density at radius 2 is 0.531 bits per heavy atom. The normalized spacial score (nSPS) is 10.7. The van der Waals surface area contributed by atoms with Gasteiger partial charge in [0.25, 0.3) is 0 Å². The van der Waals surface area contributed by atoms with Gasteiger partial charge in [-0.3, -0.25) is 49.3 Å². The minimum Gasteiger partial charge on any atom is -0.661 e. The van der Waals surface area contributed by atoms with Gasteiger partial charge in [0.05, 0.1) is 73.2 Å². The van der Waals surface area contributed by atoms with E-state index in [2.05, 4.69) is 261 Å². The van der Waals surface area contributed by atoms with Crippen molar-refractivity contribution in [2.75, 3.05) is 0 Å². The van der Waals surface area contributed by atoms with Crippen LogP contribution < -0.4 is 15.0 Å². The number of aryl methyl sites for hydroxylation is 1. The number of aromatic nitrogens is 15. The number of benzene rings is 10. The molecule has 25 rings (SSSR count). The molecule has 0 unspecified atom stereocenters. The standard InChI is InChI=1S/C19H12N3.2C18H11N.C16H12N3.C15H10N3.2C10H8N2.3C5H8O2.5Ir/c1-2-5-14-12-15(8-7-13(14)4-1)22-16-6-3-10-20-18(16)19-17(22)9-11-21-19;2*1-2-8-14(9-3-1)19-17-12-6-4-10-15(17)16-11-5-7-13-18(16)19;1-11-10-14-16(18-11)15-13(8-5-9-17-15)19(14)12-6-3-2-4-7-12;1-2-5-11(6-3-1)18-12-7-4-9-16-14(12)15-13(18)8-10-17-15;2*1-3-7-11-9(5-1)10-6-2-4-8-12-10;3*1-4(6)3-5(2)7;;;;;/h1-12H;2*1-9,12-13H;2-10H,1H3;1-10H;2*1-8H;3*3,6H,1-2H3;;;;;/q-1;2*-2;2*-1;;;;;;;;;;. The number of hydrogen-bond acceptors (Lipinski definition) is 13. The number of carbonyl (C=O) groups is 3. The molecule has 0 atom stereocenters. The van der Waals surface area contributed by atoms with Gasteiger partial charge < -0.3 is 53.1 Å². The Balaban J connectivity index is 0.000000158. The summed E-state index contributed by atoms with van der Waals surface area (Å²) in [4.78, 5) is 73.7. The fourth-order valence-electron chi connectivity index (χ4n) is 16.4. The predicted molar refractivity (Wildman–Crippen MR) is 571 cm³/mol. The van der Waals surface area contributed by atoms with Gasteiger partial charge in [-0.1, -0.05) is 191 Å². The van der Waals surface area contributed by atoms with Gasteiger partial charge in [-0.25, -0.2) is 21.5 Å². The molecule has 743 valence electrons. The Morgan fingerprint density at radius 3 is 0.830 bits per heavy atom. The second-order valence-electron chi connectivity index (χ2n) is 32.4. The first kappa shape index (κ1) is 112. The maximum Gasteiger partial charge on any atom is 0.155 e. The smallest absolute Gasteiger partial charge is 0.155 e. The number of carbonyl (C=O) groups excluding carboxylic acids is 3. The van der Waals surface area contributed by atoms with Crippen molar-refractivity contribution in [1.82, 2.24) is 72.7 Å².